The second-order valence-corrected chi connectivity index (χ2v) is 5.97. The Labute approximate surface area is 103 Å². The summed E-state index contributed by atoms with van der Waals surface area (Å²) in [4.78, 5) is 13.1. The Balaban J connectivity index is 2.49. The van der Waals surface area contributed by atoms with E-state index < -0.39 is 17.2 Å². The van der Waals surface area contributed by atoms with Crippen LogP contribution in [0.4, 0.5) is 13.2 Å². The highest BCUT2D eigenvalue weighted by Crippen LogP contribution is 2.32. The molecule has 1 heterocycles. The molecule has 17 heavy (non-hydrogen) atoms. The van der Waals surface area contributed by atoms with Gasteiger partial charge in [0, 0.05) is 19.1 Å². The zero-order valence-electron chi connectivity index (χ0n) is 9.88. The Bertz CT molecular complexity index is 294. The van der Waals surface area contributed by atoms with Crippen molar-refractivity contribution >= 4 is 17.7 Å². The molecule has 2 N–H and O–H groups in total. The number of rotatable bonds is 2. The molecule has 0 spiro atoms. The number of nitrogens with two attached hydrogens (primary N) is 1. The van der Waals surface area contributed by atoms with Crippen LogP contribution in [0.1, 0.15) is 20.3 Å². The van der Waals surface area contributed by atoms with E-state index in [1.54, 1.807) is 0 Å². The lowest BCUT2D eigenvalue weighted by Gasteiger charge is -2.42. The van der Waals surface area contributed by atoms with E-state index in [1.165, 1.54) is 4.90 Å². The van der Waals surface area contributed by atoms with Gasteiger partial charge in [-0.2, -0.15) is 13.2 Å². The van der Waals surface area contributed by atoms with Gasteiger partial charge in [0.05, 0.1) is 5.75 Å². The van der Waals surface area contributed by atoms with E-state index in [2.05, 4.69) is 0 Å². The SMILES string of the molecule is CC1(C)CN(C(=O)CSC(F)(F)F)CCC1N. The van der Waals surface area contributed by atoms with E-state index in [1.807, 2.05) is 13.8 Å². The summed E-state index contributed by atoms with van der Waals surface area (Å²) in [5.41, 5.74) is 1.31. The standard InChI is InChI=1S/C10H17F3N2OS/c1-9(2)6-15(4-3-7(9)14)8(16)5-17-10(11,12)13/h7H,3-6,14H2,1-2H3. The highest BCUT2D eigenvalue weighted by molar-refractivity contribution is 8.00. The zero-order chi connectivity index (χ0) is 13.3. The number of carbonyl (C=O) groups excluding carboxylic acids is 1. The largest absolute Gasteiger partial charge is 0.442 e. The van der Waals surface area contributed by atoms with Crippen LogP contribution < -0.4 is 5.73 Å². The molecule has 1 rings (SSSR count). The average Bonchev–Trinajstić information content (AvgIpc) is 2.17. The van der Waals surface area contributed by atoms with E-state index in [9.17, 15) is 18.0 Å². The summed E-state index contributed by atoms with van der Waals surface area (Å²) in [5, 5.41) is 0. The first-order valence-electron chi connectivity index (χ1n) is 5.36. The van der Waals surface area contributed by atoms with Crippen molar-refractivity contribution in [2.75, 3.05) is 18.8 Å². The Morgan fingerprint density at radius 2 is 2.12 bits per heavy atom. The summed E-state index contributed by atoms with van der Waals surface area (Å²) < 4.78 is 35.9. The van der Waals surface area contributed by atoms with Gasteiger partial charge in [0.2, 0.25) is 5.91 Å². The molecule has 1 saturated heterocycles. The Morgan fingerprint density at radius 3 is 2.59 bits per heavy atom. The molecule has 0 aromatic heterocycles. The quantitative estimate of drug-likeness (QED) is 0.832. The molecule has 0 aromatic rings. The van der Waals surface area contributed by atoms with Crippen LogP contribution in [0, 0.1) is 5.41 Å². The van der Waals surface area contributed by atoms with Crippen LogP contribution in [0.5, 0.6) is 0 Å². The van der Waals surface area contributed by atoms with E-state index in [-0.39, 0.29) is 23.2 Å². The van der Waals surface area contributed by atoms with Gasteiger partial charge in [-0.15, -0.1) is 0 Å². The smallest absolute Gasteiger partial charge is 0.341 e. The second-order valence-electron chi connectivity index (χ2n) is 4.93. The van der Waals surface area contributed by atoms with Gasteiger partial charge >= 0.3 is 5.51 Å². The van der Waals surface area contributed by atoms with E-state index in [0.29, 0.717) is 19.5 Å². The molecule has 100 valence electrons. The topological polar surface area (TPSA) is 46.3 Å². The molecule has 0 aliphatic carbocycles. The first kappa shape index (κ1) is 14.6. The number of carbonyl (C=O) groups is 1. The molecular formula is C10H17F3N2OS. The summed E-state index contributed by atoms with van der Waals surface area (Å²) in [6, 6.07) is -0.0122. The van der Waals surface area contributed by atoms with E-state index in [4.69, 9.17) is 5.73 Å². The minimum atomic E-state index is -4.35. The van der Waals surface area contributed by atoms with Gasteiger partial charge in [0.1, 0.15) is 0 Å². The molecule has 1 aliphatic rings. The van der Waals surface area contributed by atoms with Gasteiger partial charge in [-0.25, -0.2) is 0 Å². The number of amides is 1. The fraction of sp³-hybridized carbons (Fsp3) is 0.900. The van der Waals surface area contributed by atoms with Crippen LogP contribution >= 0.6 is 11.8 Å². The molecule has 0 saturated carbocycles. The molecule has 1 fully saturated rings. The van der Waals surface area contributed by atoms with Gasteiger partial charge in [-0.1, -0.05) is 13.8 Å². The number of thioether (sulfide) groups is 1. The molecule has 1 atom stereocenters. The fourth-order valence-electron chi connectivity index (χ4n) is 1.82. The Hall–Kier alpha value is -0.430. The summed E-state index contributed by atoms with van der Waals surface area (Å²) >= 11 is -0.286. The third-order valence-electron chi connectivity index (χ3n) is 3.02. The molecule has 1 amide bonds. The van der Waals surface area contributed by atoms with E-state index >= 15 is 0 Å². The Morgan fingerprint density at radius 1 is 1.53 bits per heavy atom. The van der Waals surface area contributed by atoms with Crippen LogP contribution in [0.25, 0.3) is 0 Å². The number of halogens is 3. The molecule has 7 heteroatoms. The number of likely N-dealkylation sites (tertiary alicyclic amines) is 1. The maximum atomic E-state index is 12.0. The van der Waals surface area contributed by atoms with E-state index in [0.717, 1.165) is 0 Å². The maximum absolute atomic E-state index is 12.0. The number of piperidine rings is 1. The predicted octanol–water partition coefficient (Wildman–Crippen LogP) is 1.83. The summed E-state index contributed by atoms with van der Waals surface area (Å²) in [6.45, 7) is 4.72. The molecule has 1 unspecified atom stereocenters. The minimum absolute atomic E-state index is 0.0122. The second kappa shape index (κ2) is 5.06. The lowest BCUT2D eigenvalue weighted by molar-refractivity contribution is -0.132. The number of hydrogen-bond donors (Lipinski definition) is 1. The number of nitrogens with zero attached hydrogens (tertiary/aromatic N) is 1. The van der Waals surface area contributed by atoms with Crippen molar-refractivity contribution in [1.29, 1.82) is 0 Å². The van der Waals surface area contributed by atoms with Crippen molar-refractivity contribution in [2.45, 2.75) is 31.8 Å². The molecule has 1 aliphatic heterocycles. The summed E-state index contributed by atoms with van der Waals surface area (Å²) in [7, 11) is 0. The molecular weight excluding hydrogens is 253 g/mol. The number of alkyl halides is 3. The van der Waals surface area contributed by atoms with Crippen molar-refractivity contribution in [3.63, 3.8) is 0 Å². The van der Waals surface area contributed by atoms with Crippen LogP contribution in [-0.2, 0) is 4.79 Å². The summed E-state index contributed by atoms with van der Waals surface area (Å²) in [5.74, 6) is -1.01. The highest BCUT2D eigenvalue weighted by Gasteiger charge is 2.36. The first-order valence-corrected chi connectivity index (χ1v) is 6.34. The number of hydrogen-bond acceptors (Lipinski definition) is 3. The lowest BCUT2D eigenvalue weighted by Crippen LogP contribution is -2.54. The normalized spacial score (nSPS) is 24.8. The molecule has 3 nitrogen and oxygen atoms in total. The molecule has 0 aromatic carbocycles. The van der Waals surface area contributed by atoms with Crippen LogP contribution in [0.2, 0.25) is 0 Å². The van der Waals surface area contributed by atoms with Gasteiger partial charge in [0.25, 0.3) is 0 Å². The van der Waals surface area contributed by atoms with Crippen LogP contribution in [0.3, 0.4) is 0 Å². The molecule has 0 radical (unpaired) electrons. The summed E-state index contributed by atoms with van der Waals surface area (Å²) in [6.07, 6.45) is 0.634. The maximum Gasteiger partial charge on any atom is 0.442 e. The third-order valence-corrected chi connectivity index (χ3v) is 3.74. The first-order chi connectivity index (χ1) is 7.62. The van der Waals surface area contributed by atoms with Gasteiger partial charge in [-0.3, -0.25) is 4.79 Å². The van der Waals surface area contributed by atoms with Crippen molar-refractivity contribution in [3.8, 4) is 0 Å². The van der Waals surface area contributed by atoms with Gasteiger partial charge in [-0.05, 0) is 23.6 Å². The van der Waals surface area contributed by atoms with Gasteiger partial charge < -0.3 is 10.6 Å². The third kappa shape index (κ3) is 4.39. The fourth-order valence-corrected chi connectivity index (χ4v) is 2.29. The van der Waals surface area contributed by atoms with Gasteiger partial charge in [0.15, 0.2) is 0 Å². The average molecular weight is 270 g/mol. The van der Waals surface area contributed by atoms with Crippen molar-refractivity contribution < 1.29 is 18.0 Å². The zero-order valence-corrected chi connectivity index (χ0v) is 10.7. The predicted molar refractivity (Wildman–Crippen MR) is 61.5 cm³/mol. The van der Waals surface area contributed by atoms with Crippen LogP contribution in [-0.4, -0.2) is 41.2 Å². The van der Waals surface area contributed by atoms with Crippen molar-refractivity contribution in [2.24, 2.45) is 11.1 Å². The van der Waals surface area contributed by atoms with Crippen molar-refractivity contribution in [1.82, 2.24) is 4.90 Å². The Kier molecular flexibility index (Phi) is 4.35. The minimum Gasteiger partial charge on any atom is -0.341 e. The lowest BCUT2D eigenvalue weighted by atomic mass is 9.80. The highest BCUT2D eigenvalue weighted by atomic mass is 32.2. The van der Waals surface area contributed by atoms with Crippen molar-refractivity contribution in [3.05, 3.63) is 0 Å². The van der Waals surface area contributed by atoms with Crippen LogP contribution in [0.15, 0.2) is 0 Å². The monoisotopic (exact) mass is 270 g/mol. The molecule has 0 bridgehead atoms.